The van der Waals surface area contributed by atoms with Gasteiger partial charge in [0.15, 0.2) is 0 Å². The van der Waals surface area contributed by atoms with Gasteiger partial charge in [0, 0.05) is 12.0 Å². The van der Waals surface area contributed by atoms with E-state index in [4.69, 9.17) is 4.74 Å². The van der Waals surface area contributed by atoms with Crippen LogP contribution >= 0.6 is 15.9 Å². The van der Waals surface area contributed by atoms with Crippen LogP contribution in [0.25, 0.3) is 0 Å². The molecule has 0 amide bonds. The van der Waals surface area contributed by atoms with Gasteiger partial charge in [-0.15, -0.1) is 0 Å². The number of halogens is 2. The van der Waals surface area contributed by atoms with Gasteiger partial charge in [-0.2, -0.15) is 0 Å². The molecular formula is C17H25BrFNO. The van der Waals surface area contributed by atoms with Gasteiger partial charge < -0.3 is 10.1 Å². The smallest absolute Gasteiger partial charge is 0.137 e. The Labute approximate surface area is 135 Å². The van der Waals surface area contributed by atoms with Crippen molar-refractivity contribution in [1.29, 1.82) is 0 Å². The molecule has 0 bridgehead atoms. The fraction of sp³-hybridized carbons (Fsp3) is 0.647. The maximum atomic E-state index is 13.5. The highest BCUT2D eigenvalue weighted by molar-refractivity contribution is 9.10. The second-order valence-electron chi connectivity index (χ2n) is 6.09. The van der Waals surface area contributed by atoms with Crippen LogP contribution in [0, 0.1) is 17.7 Å². The molecule has 1 aliphatic rings. The zero-order valence-electron chi connectivity index (χ0n) is 13.2. The summed E-state index contributed by atoms with van der Waals surface area (Å²) in [5.74, 6) is 0.646. The van der Waals surface area contributed by atoms with Crippen LogP contribution in [0.4, 0.5) is 4.39 Å². The Bertz CT molecular complexity index is 482. The van der Waals surface area contributed by atoms with E-state index in [1.807, 2.05) is 12.1 Å². The molecular weight excluding hydrogens is 333 g/mol. The number of hydrogen-bond donors (Lipinski definition) is 1. The summed E-state index contributed by atoms with van der Waals surface area (Å²) in [6.45, 7) is 9.63. The van der Waals surface area contributed by atoms with Gasteiger partial charge in [0.05, 0.1) is 16.7 Å². The van der Waals surface area contributed by atoms with E-state index in [-0.39, 0.29) is 24.1 Å². The Hall–Kier alpha value is -0.450. The molecule has 0 saturated carbocycles. The number of rotatable bonds is 5. The van der Waals surface area contributed by atoms with Crippen molar-refractivity contribution in [2.75, 3.05) is 6.54 Å². The van der Waals surface area contributed by atoms with E-state index in [1.165, 1.54) is 6.07 Å². The molecule has 1 saturated heterocycles. The molecule has 0 radical (unpaired) electrons. The summed E-state index contributed by atoms with van der Waals surface area (Å²) in [5.41, 5.74) is 1.12. The van der Waals surface area contributed by atoms with Gasteiger partial charge in [0.1, 0.15) is 5.82 Å². The molecule has 1 aromatic carbocycles. The van der Waals surface area contributed by atoms with Crippen molar-refractivity contribution in [3.8, 4) is 0 Å². The maximum absolute atomic E-state index is 13.5. The first kappa shape index (κ1) is 16.9. The van der Waals surface area contributed by atoms with Crippen LogP contribution in [0.3, 0.4) is 0 Å². The molecule has 0 aromatic heterocycles. The predicted molar refractivity (Wildman–Crippen MR) is 87.8 cm³/mol. The summed E-state index contributed by atoms with van der Waals surface area (Å²) < 4.78 is 20.0. The molecule has 1 aromatic rings. The molecule has 1 N–H and O–H groups in total. The second-order valence-corrected chi connectivity index (χ2v) is 6.94. The third-order valence-corrected chi connectivity index (χ3v) is 5.23. The van der Waals surface area contributed by atoms with E-state index >= 15 is 0 Å². The van der Waals surface area contributed by atoms with Gasteiger partial charge in [-0.3, -0.25) is 0 Å². The number of ether oxygens (including phenoxy) is 1. The number of benzene rings is 1. The summed E-state index contributed by atoms with van der Waals surface area (Å²) in [7, 11) is 0. The zero-order valence-corrected chi connectivity index (χ0v) is 14.8. The Morgan fingerprint density at radius 1 is 1.29 bits per heavy atom. The van der Waals surface area contributed by atoms with E-state index in [2.05, 4.69) is 48.9 Å². The first-order valence-corrected chi connectivity index (χ1v) is 8.58. The van der Waals surface area contributed by atoms with E-state index in [1.54, 1.807) is 0 Å². The van der Waals surface area contributed by atoms with Crippen molar-refractivity contribution >= 4 is 15.9 Å². The molecule has 2 nitrogen and oxygen atoms in total. The van der Waals surface area contributed by atoms with Crippen LogP contribution in [-0.2, 0) is 4.74 Å². The van der Waals surface area contributed by atoms with Crippen LogP contribution in [0.1, 0.15) is 45.7 Å². The van der Waals surface area contributed by atoms with Gasteiger partial charge in [0.2, 0.25) is 0 Å². The highest BCUT2D eigenvalue weighted by Crippen LogP contribution is 2.41. The van der Waals surface area contributed by atoms with E-state index in [0.717, 1.165) is 18.5 Å². The summed E-state index contributed by atoms with van der Waals surface area (Å²) in [5, 5.41) is 3.63. The third-order valence-electron chi connectivity index (χ3n) is 4.62. The third kappa shape index (κ3) is 3.66. The Kier molecular flexibility index (Phi) is 5.81. The molecule has 0 spiro atoms. The van der Waals surface area contributed by atoms with Crippen LogP contribution in [0.15, 0.2) is 22.7 Å². The summed E-state index contributed by atoms with van der Waals surface area (Å²) in [4.78, 5) is 0. The van der Waals surface area contributed by atoms with Gasteiger partial charge in [-0.25, -0.2) is 4.39 Å². The average Bonchev–Trinajstić information content (AvgIpc) is 2.69. The lowest BCUT2D eigenvalue weighted by Gasteiger charge is -2.30. The van der Waals surface area contributed by atoms with Crippen molar-refractivity contribution in [1.82, 2.24) is 5.32 Å². The van der Waals surface area contributed by atoms with Crippen molar-refractivity contribution in [3.63, 3.8) is 0 Å². The first-order chi connectivity index (χ1) is 9.95. The lowest BCUT2D eigenvalue weighted by molar-refractivity contribution is 0.0475. The van der Waals surface area contributed by atoms with Gasteiger partial charge in [-0.1, -0.05) is 19.9 Å². The molecule has 5 unspecified atom stereocenters. The first-order valence-electron chi connectivity index (χ1n) is 7.79. The minimum absolute atomic E-state index is 0.191. The van der Waals surface area contributed by atoms with E-state index in [0.29, 0.717) is 16.3 Å². The van der Waals surface area contributed by atoms with Gasteiger partial charge in [-0.05, 0) is 66.4 Å². The number of nitrogens with one attached hydrogen (secondary N) is 1. The minimum Gasteiger partial charge on any atom is -0.375 e. The Balaban J connectivity index is 2.31. The fourth-order valence-electron chi connectivity index (χ4n) is 3.35. The van der Waals surface area contributed by atoms with Crippen LogP contribution < -0.4 is 5.32 Å². The van der Waals surface area contributed by atoms with E-state index < -0.39 is 0 Å². The molecule has 21 heavy (non-hydrogen) atoms. The predicted octanol–water partition coefficient (Wildman–Crippen LogP) is 4.69. The highest BCUT2D eigenvalue weighted by Gasteiger charge is 2.42. The van der Waals surface area contributed by atoms with Crippen molar-refractivity contribution in [3.05, 3.63) is 34.1 Å². The highest BCUT2D eigenvalue weighted by atomic mass is 79.9. The van der Waals surface area contributed by atoms with Gasteiger partial charge in [0.25, 0.3) is 0 Å². The van der Waals surface area contributed by atoms with Crippen molar-refractivity contribution in [2.45, 2.75) is 52.4 Å². The fourth-order valence-corrected chi connectivity index (χ4v) is 3.75. The molecule has 1 fully saturated rings. The van der Waals surface area contributed by atoms with Crippen molar-refractivity contribution in [2.24, 2.45) is 11.8 Å². The molecule has 4 heteroatoms. The van der Waals surface area contributed by atoms with E-state index in [9.17, 15) is 4.39 Å². The lowest BCUT2D eigenvalue weighted by Crippen LogP contribution is -2.35. The maximum Gasteiger partial charge on any atom is 0.137 e. The van der Waals surface area contributed by atoms with Crippen LogP contribution in [-0.4, -0.2) is 18.8 Å². The molecule has 118 valence electrons. The van der Waals surface area contributed by atoms with Crippen LogP contribution in [0.2, 0.25) is 0 Å². The lowest BCUT2D eigenvalue weighted by atomic mass is 9.80. The Morgan fingerprint density at radius 3 is 2.52 bits per heavy atom. The standard InChI is InChI=1S/C17H25BrFNO/c1-5-8-20-17(13-6-7-15(19)14(18)9-13)16-10(2)11(3)21-12(16)4/h6-7,9-12,16-17,20H,5,8H2,1-4H3. The topological polar surface area (TPSA) is 21.3 Å². The minimum atomic E-state index is -0.217. The average molecular weight is 358 g/mol. The normalized spacial score (nSPS) is 30.6. The molecule has 1 aliphatic heterocycles. The van der Waals surface area contributed by atoms with Gasteiger partial charge >= 0.3 is 0 Å². The summed E-state index contributed by atoms with van der Waals surface area (Å²) >= 11 is 3.30. The SMILES string of the molecule is CCCNC(c1ccc(F)c(Br)c1)C1C(C)OC(C)C1C. The molecule has 0 aliphatic carbocycles. The monoisotopic (exact) mass is 357 g/mol. The largest absolute Gasteiger partial charge is 0.375 e. The zero-order chi connectivity index (χ0) is 15.6. The quantitative estimate of drug-likeness (QED) is 0.825. The molecule has 5 atom stereocenters. The molecule has 2 rings (SSSR count). The van der Waals surface area contributed by atoms with Crippen LogP contribution in [0.5, 0.6) is 0 Å². The number of hydrogen-bond acceptors (Lipinski definition) is 2. The molecule has 1 heterocycles. The summed E-state index contributed by atoms with van der Waals surface area (Å²) in [6, 6.07) is 5.51. The summed E-state index contributed by atoms with van der Waals surface area (Å²) in [6.07, 6.45) is 1.54. The van der Waals surface area contributed by atoms with Crippen molar-refractivity contribution < 1.29 is 9.13 Å². The Morgan fingerprint density at radius 2 is 2.00 bits per heavy atom. The second kappa shape index (κ2) is 7.21.